The summed E-state index contributed by atoms with van der Waals surface area (Å²) in [7, 11) is 0. The van der Waals surface area contributed by atoms with Gasteiger partial charge in [0, 0.05) is 19.0 Å². The quantitative estimate of drug-likeness (QED) is 0.646. The number of hydrogen-bond acceptors (Lipinski definition) is 3. The van der Waals surface area contributed by atoms with Crippen molar-refractivity contribution in [3.63, 3.8) is 0 Å². The summed E-state index contributed by atoms with van der Waals surface area (Å²) in [5.74, 6) is -2.36. The molecule has 2 N–H and O–H groups in total. The molecule has 1 heterocycles. The van der Waals surface area contributed by atoms with Crippen molar-refractivity contribution in [3.05, 3.63) is 0 Å². The Balaban J connectivity index is 2.54. The summed E-state index contributed by atoms with van der Waals surface area (Å²) in [5.41, 5.74) is 0. The molecule has 0 saturated carbocycles. The number of likely N-dealkylation sites (tertiary alicyclic amines) is 1. The Labute approximate surface area is 88.7 Å². The largest absolute Gasteiger partial charge is 0.481 e. The Bertz CT molecular complexity index is 264. The highest BCUT2D eigenvalue weighted by Gasteiger charge is 2.33. The molecule has 5 heteroatoms. The van der Waals surface area contributed by atoms with Gasteiger partial charge in [0.1, 0.15) is 5.92 Å². The highest BCUT2D eigenvalue weighted by molar-refractivity contribution is 5.96. The van der Waals surface area contributed by atoms with E-state index < -0.39 is 18.0 Å². The molecule has 1 rings (SSSR count). The van der Waals surface area contributed by atoms with Gasteiger partial charge in [0.2, 0.25) is 5.91 Å². The maximum atomic E-state index is 11.6. The fourth-order valence-electron chi connectivity index (χ4n) is 1.76. The van der Waals surface area contributed by atoms with Crippen molar-refractivity contribution in [2.45, 2.75) is 26.4 Å². The number of aliphatic hydroxyl groups excluding tert-OH is 1. The van der Waals surface area contributed by atoms with E-state index >= 15 is 0 Å². The van der Waals surface area contributed by atoms with Crippen molar-refractivity contribution in [2.75, 3.05) is 13.1 Å². The second kappa shape index (κ2) is 4.61. The minimum atomic E-state index is -1.10. The van der Waals surface area contributed by atoms with Crippen LogP contribution in [0.5, 0.6) is 0 Å². The molecule has 0 radical (unpaired) electrons. The van der Waals surface area contributed by atoms with Gasteiger partial charge in [-0.05, 0) is 20.3 Å². The second-order valence-electron chi connectivity index (χ2n) is 4.13. The smallest absolute Gasteiger partial charge is 0.315 e. The van der Waals surface area contributed by atoms with Crippen LogP contribution in [0.4, 0.5) is 0 Å². The lowest BCUT2D eigenvalue weighted by molar-refractivity contribution is -0.149. The summed E-state index contributed by atoms with van der Waals surface area (Å²) in [6.07, 6.45) is 0.304. The molecular formula is C10H17NO4. The van der Waals surface area contributed by atoms with E-state index in [-0.39, 0.29) is 11.8 Å². The number of carboxylic acid groups (broad SMARTS) is 1. The van der Waals surface area contributed by atoms with E-state index in [1.54, 1.807) is 6.92 Å². The zero-order chi connectivity index (χ0) is 11.6. The van der Waals surface area contributed by atoms with Crippen molar-refractivity contribution >= 4 is 11.9 Å². The van der Waals surface area contributed by atoms with Gasteiger partial charge in [-0.3, -0.25) is 9.59 Å². The molecule has 0 bridgehead atoms. The van der Waals surface area contributed by atoms with Crippen LogP contribution >= 0.6 is 0 Å². The van der Waals surface area contributed by atoms with E-state index in [2.05, 4.69) is 0 Å². The first-order valence-corrected chi connectivity index (χ1v) is 5.13. The van der Waals surface area contributed by atoms with Gasteiger partial charge in [-0.15, -0.1) is 0 Å². The standard InChI is InChI=1S/C10H17NO4/c1-6(10(14)15)9(13)11-4-3-8(5-11)7(2)12/h6-8,12H,3-5H2,1-2H3,(H,14,15). The van der Waals surface area contributed by atoms with Crippen LogP contribution in [0, 0.1) is 11.8 Å². The summed E-state index contributed by atoms with van der Waals surface area (Å²) < 4.78 is 0. The molecule has 0 aliphatic carbocycles. The average molecular weight is 215 g/mol. The summed E-state index contributed by atoms with van der Waals surface area (Å²) in [6, 6.07) is 0. The lowest BCUT2D eigenvalue weighted by Gasteiger charge is -2.19. The third kappa shape index (κ3) is 2.68. The van der Waals surface area contributed by atoms with Crippen LogP contribution in [0.2, 0.25) is 0 Å². The summed E-state index contributed by atoms with van der Waals surface area (Å²) >= 11 is 0. The van der Waals surface area contributed by atoms with Crippen LogP contribution in [0.3, 0.4) is 0 Å². The number of aliphatic hydroxyl groups is 1. The van der Waals surface area contributed by atoms with Gasteiger partial charge in [0.25, 0.3) is 0 Å². The zero-order valence-electron chi connectivity index (χ0n) is 9.01. The van der Waals surface area contributed by atoms with Gasteiger partial charge >= 0.3 is 5.97 Å². The van der Waals surface area contributed by atoms with Gasteiger partial charge in [-0.1, -0.05) is 0 Å². The summed E-state index contributed by atoms with van der Waals surface area (Å²) in [6.45, 7) is 4.10. The lowest BCUT2D eigenvalue weighted by Crippen LogP contribution is -2.37. The number of nitrogens with zero attached hydrogens (tertiary/aromatic N) is 1. The first-order chi connectivity index (χ1) is 6.93. The fraction of sp³-hybridized carbons (Fsp3) is 0.800. The molecule has 1 amide bonds. The summed E-state index contributed by atoms with van der Waals surface area (Å²) in [5, 5.41) is 18.0. The minimum absolute atomic E-state index is 0.0787. The van der Waals surface area contributed by atoms with Crippen LogP contribution in [-0.2, 0) is 9.59 Å². The predicted octanol–water partition coefficient (Wildman–Crippen LogP) is -0.0636. The number of hydrogen-bond donors (Lipinski definition) is 2. The molecule has 1 fully saturated rings. The van der Waals surface area contributed by atoms with Crippen molar-refractivity contribution < 1.29 is 19.8 Å². The number of carbonyl (C=O) groups is 2. The van der Waals surface area contributed by atoms with E-state index in [1.165, 1.54) is 11.8 Å². The zero-order valence-corrected chi connectivity index (χ0v) is 9.01. The van der Waals surface area contributed by atoms with Crippen molar-refractivity contribution in [1.29, 1.82) is 0 Å². The van der Waals surface area contributed by atoms with E-state index in [9.17, 15) is 14.7 Å². The van der Waals surface area contributed by atoms with E-state index in [1.807, 2.05) is 0 Å². The molecule has 0 aromatic heterocycles. The minimum Gasteiger partial charge on any atom is -0.481 e. The Morgan fingerprint density at radius 1 is 1.40 bits per heavy atom. The maximum absolute atomic E-state index is 11.6. The molecule has 15 heavy (non-hydrogen) atoms. The Hall–Kier alpha value is -1.10. The Morgan fingerprint density at radius 2 is 2.00 bits per heavy atom. The van der Waals surface area contributed by atoms with Crippen molar-refractivity contribution in [2.24, 2.45) is 11.8 Å². The number of carbonyl (C=O) groups excluding carboxylic acids is 1. The molecule has 1 aliphatic rings. The number of carboxylic acids is 1. The monoisotopic (exact) mass is 215 g/mol. The topological polar surface area (TPSA) is 77.8 Å². The van der Waals surface area contributed by atoms with Gasteiger partial charge in [0.15, 0.2) is 0 Å². The molecule has 1 aliphatic heterocycles. The molecule has 0 spiro atoms. The highest BCUT2D eigenvalue weighted by atomic mass is 16.4. The Kier molecular flexibility index (Phi) is 3.68. The van der Waals surface area contributed by atoms with E-state index in [0.29, 0.717) is 13.1 Å². The van der Waals surface area contributed by atoms with Gasteiger partial charge < -0.3 is 15.1 Å². The first-order valence-electron chi connectivity index (χ1n) is 5.13. The number of aliphatic carboxylic acids is 1. The van der Waals surface area contributed by atoms with Crippen LogP contribution in [-0.4, -0.2) is 46.2 Å². The van der Waals surface area contributed by atoms with Crippen LogP contribution < -0.4 is 0 Å². The van der Waals surface area contributed by atoms with Crippen LogP contribution in [0.25, 0.3) is 0 Å². The molecule has 1 saturated heterocycles. The third-order valence-corrected chi connectivity index (χ3v) is 2.96. The van der Waals surface area contributed by atoms with Gasteiger partial charge in [-0.25, -0.2) is 0 Å². The average Bonchev–Trinajstić information content (AvgIpc) is 2.64. The normalized spacial score (nSPS) is 25.0. The molecule has 3 atom stereocenters. The number of amides is 1. The highest BCUT2D eigenvalue weighted by Crippen LogP contribution is 2.21. The lowest BCUT2D eigenvalue weighted by atomic mass is 10.0. The second-order valence-corrected chi connectivity index (χ2v) is 4.13. The number of rotatable bonds is 3. The molecule has 0 aromatic rings. The molecule has 5 nitrogen and oxygen atoms in total. The van der Waals surface area contributed by atoms with Crippen molar-refractivity contribution in [1.82, 2.24) is 4.90 Å². The molecular weight excluding hydrogens is 198 g/mol. The molecule has 0 aromatic carbocycles. The van der Waals surface area contributed by atoms with E-state index in [0.717, 1.165) is 6.42 Å². The van der Waals surface area contributed by atoms with E-state index in [4.69, 9.17) is 5.11 Å². The third-order valence-electron chi connectivity index (χ3n) is 2.96. The Morgan fingerprint density at radius 3 is 2.40 bits per heavy atom. The summed E-state index contributed by atoms with van der Waals surface area (Å²) in [4.78, 5) is 23.8. The fourth-order valence-corrected chi connectivity index (χ4v) is 1.76. The predicted molar refractivity (Wildman–Crippen MR) is 53.2 cm³/mol. The van der Waals surface area contributed by atoms with Gasteiger partial charge in [0.05, 0.1) is 6.10 Å². The van der Waals surface area contributed by atoms with Crippen LogP contribution in [0.1, 0.15) is 20.3 Å². The maximum Gasteiger partial charge on any atom is 0.315 e. The SMILES string of the molecule is CC(C(=O)O)C(=O)N1CCC(C(C)O)C1. The van der Waals surface area contributed by atoms with Crippen molar-refractivity contribution in [3.8, 4) is 0 Å². The molecule has 86 valence electrons. The molecule has 3 unspecified atom stereocenters. The van der Waals surface area contributed by atoms with Crippen LogP contribution in [0.15, 0.2) is 0 Å². The van der Waals surface area contributed by atoms with Gasteiger partial charge in [-0.2, -0.15) is 0 Å². The first kappa shape index (κ1) is 12.0.